The van der Waals surface area contributed by atoms with Gasteiger partial charge in [0.25, 0.3) is 0 Å². The summed E-state index contributed by atoms with van der Waals surface area (Å²) in [7, 11) is 0. The number of hydrogen-bond donors (Lipinski definition) is 2. The molecule has 0 spiro atoms. The molecule has 0 fully saturated rings. The van der Waals surface area contributed by atoms with Gasteiger partial charge in [-0.3, -0.25) is 0 Å². The summed E-state index contributed by atoms with van der Waals surface area (Å²) >= 11 is 10.5. The van der Waals surface area contributed by atoms with Crippen molar-refractivity contribution in [3.8, 4) is 0 Å². The summed E-state index contributed by atoms with van der Waals surface area (Å²) in [6.07, 6.45) is -1.02. The molecule has 2 atom stereocenters. The minimum Gasteiger partial charge on any atom is -0.392 e. The zero-order valence-corrected chi connectivity index (χ0v) is 6.44. The molecule has 0 saturated heterocycles. The van der Waals surface area contributed by atoms with Crippen LogP contribution in [0.4, 0.5) is 0 Å². The van der Waals surface area contributed by atoms with Crippen molar-refractivity contribution in [3.05, 3.63) is 0 Å². The highest BCUT2D eigenvalue weighted by Crippen LogP contribution is 2.01. The maximum Gasteiger partial charge on any atom is 0.0700 e. The summed E-state index contributed by atoms with van der Waals surface area (Å²) in [5.74, 6) is 0.294. The van der Waals surface area contributed by atoms with Crippen LogP contribution in [0.5, 0.6) is 0 Å². The van der Waals surface area contributed by atoms with E-state index in [1.165, 1.54) is 0 Å². The summed E-state index contributed by atoms with van der Waals surface area (Å²) in [4.78, 5) is 0. The molecule has 0 aliphatic rings. The van der Waals surface area contributed by atoms with Gasteiger partial charge in [0, 0.05) is 18.2 Å². The number of rotatable bonds is 4. The van der Waals surface area contributed by atoms with Gasteiger partial charge in [-0.15, -0.1) is 23.2 Å². The van der Waals surface area contributed by atoms with Crippen LogP contribution in [0.15, 0.2) is 0 Å². The average Bonchev–Trinajstić information content (AvgIpc) is 1.87. The Morgan fingerprint density at radius 1 is 1.00 bits per heavy atom. The summed E-state index contributed by atoms with van der Waals surface area (Å²) in [6, 6.07) is 0. The molecule has 4 heteroatoms. The Bertz CT molecular complexity index is 62.0. The number of alkyl halides is 2. The highest BCUT2D eigenvalue weighted by molar-refractivity contribution is 6.18. The molecule has 0 aliphatic heterocycles. The molecule has 0 aliphatic carbocycles. The van der Waals surface area contributed by atoms with Gasteiger partial charge in [-0.2, -0.15) is 0 Å². The molecule has 0 aromatic heterocycles. The van der Waals surface area contributed by atoms with Gasteiger partial charge in [0.05, 0.1) is 12.2 Å². The quantitative estimate of drug-likeness (QED) is 0.610. The van der Waals surface area contributed by atoms with E-state index < -0.39 is 12.2 Å². The van der Waals surface area contributed by atoms with E-state index in [4.69, 9.17) is 33.4 Å². The third kappa shape index (κ3) is 4.97. The lowest BCUT2D eigenvalue weighted by molar-refractivity contribution is 0.105. The predicted octanol–water partition coefficient (Wildman–Crippen LogP) is 0.576. The molecule has 0 aromatic rings. The lowest BCUT2D eigenvalue weighted by Gasteiger charge is -2.09. The molecule has 0 unspecified atom stereocenters. The van der Waals surface area contributed by atoms with E-state index in [0.29, 0.717) is 0 Å². The van der Waals surface area contributed by atoms with Crippen molar-refractivity contribution < 1.29 is 10.2 Å². The molecule has 0 amide bonds. The van der Waals surface area contributed by atoms with Crippen molar-refractivity contribution in [2.24, 2.45) is 0 Å². The van der Waals surface area contributed by atoms with Crippen LogP contribution in [0, 0.1) is 0 Å². The van der Waals surface area contributed by atoms with E-state index in [9.17, 15) is 0 Å². The molecule has 56 valence electrons. The summed E-state index contributed by atoms with van der Waals surface area (Å²) in [5, 5.41) is 17.6. The first kappa shape index (κ1) is 9.50. The Hall–Kier alpha value is 0.500. The van der Waals surface area contributed by atoms with Crippen LogP contribution in [0.25, 0.3) is 0 Å². The van der Waals surface area contributed by atoms with Crippen molar-refractivity contribution in [3.63, 3.8) is 0 Å². The van der Waals surface area contributed by atoms with Crippen molar-refractivity contribution in [1.29, 1.82) is 0 Å². The molecule has 2 N–H and O–H groups in total. The second-order valence-corrected chi connectivity index (χ2v) is 2.47. The first-order valence-electron chi connectivity index (χ1n) is 2.68. The largest absolute Gasteiger partial charge is 0.392 e. The van der Waals surface area contributed by atoms with E-state index in [1.54, 1.807) is 0 Å². The number of halogens is 2. The molecule has 0 aromatic carbocycles. The Morgan fingerprint density at radius 3 is 1.56 bits per heavy atom. The average molecular weight is 173 g/mol. The van der Waals surface area contributed by atoms with Crippen LogP contribution < -0.4 is 0 Å². The second kappa shape index (κ2) is 5.30. The van der Waals surface area contributed by atoms with Gasteiger partial charge in [0.1, 0.15) is 0 Å². The Morgan fingerprint density at radius 2 is 1.33 bits per heavy atom. The van der Waals surface area contributed by atoms with Crippen molar-refractivity contribution in [2.75, 3.05) is 11.8 Å². The number of aliphatic hydroxyl groups excluding tert-OH is 2. The van der Waals surface area contributed by atoms with Crippen LogP contribution in [-0.4, -0.2) is 34.2 Å². The standard InChI is InChI=1S/C5H10Cl2O2/c6-2-4(8)1-5(9)3-7/h4-5,8-9H,1-3H2/t4-,5+. The van der Waals surface area contributed by atoms with Crippen LogP contribution in [-0.2, 0) is 0 Å². The molecular weight excluding hydrogens is 163 g/mol. The van der Waals surface area contributed by atoms with E-state index in [1.807, 2.05) is 0 Å². The molecule has 2 nitrogen and oxygen atoms in total. The van der Waals surface area contributed by atoms with Gasteiger partial charge < -0.3 is 10.2 Å². The zero-order chi connectivity index (χ0) is 7.28. The predicted molar refractivity (Wildman–Crippen MR) is 38.1 cm³/mol. The minimum atomic E-state index is -0.639. The van der Waals surface area contributed by atoms with Crippen molar-refractivity contribution in [2.45, 2.75) is 18.6 Å². The monoisotopic (exact) mass is 172 g/mol. The molecule has 9 heavy (non-hydrogen) atoms. The Balaban J connectivity index is 3.22. The van der Waals surface area contributed by atoms with Gasteiger partial charge in [0.2, 0.25) is 0 Å². The van der Waals surface area contributed by atoms with Gasteiger partial charge in [-0.1, -0.05) is 0 Å². The summed E-state index contributed by atoms with van der Waals surface area (Å²) < 4.78 is 0. The summed E-state index contributed by atoms with van der Waals surface area (Å²) in [5.41, 5.74) is 0. The van der Waals surface area contributed by atoms with Gasteiger partial charge in [-0.25, -0.2) is 0 Å². The fourth-order valence-electron chi connectivity index (χ4n) is 0.440. The van der Waals surface area contributed by atoms with E-state index >= 15 is 0 Å². The van der Waals surface area contributed by atoms with Crippen LogP contribution in [0.2, 0.25) is 0 Å². The Kier molecular flexibility index (Phi) is 5.59. The van der Waals surface area contributed by atoms with Crippen LogP contribution >= 0.6 is 23.2 Å². The van der Waals surface area contributed by atoms with E-state index in [-0.39, 0.29) is 18.2 Å². The van der Waals surface area contributed by atoms with Crippen LogP contribution in [0.1, 0.15) is 6.42 Å². The normalized spacial score (nSPS) is 17.3. The smallest absolute Gasteiger partial charge is 0.0700 e. The van der Waals surface area contributed by atoms with Gasteiger partial charge in [0.15, 0.2) is 0 Å². The fourth-order valence-corrected chi connectivity index (χ4v) is 0.692. The van der Waals surface area contributed by atoms with Gasteiger partial charge in [-0.05, 0) is 0 Å². The number of hydrogen-bond acceptors (Lipinski definition) is 2. The minimum absolute atomic E-state index is 0.147. The molecule has 0 saturated carbocycles. The maximum absolute atomic E-state index is 8.81. The highest BCUT2D eigenvalue weighted by Gasteiger charge is 2.08. The first-order valence-corrected chi connectivity index (χ1v) is 3.75. The molecule has 0 heterocycles. The lowest BCUT2D eigenvalue weighted by atomic mass is 10.2. The van der Waals surface area contributed by atoms with Crippen LogP contribution in [0.3, 0.4) is 0 Å². The first-order chi connectivity index (χ1) is 4.20. The second-order valence-electron chi connectivity index (χ2n) is 1.85. The maximum atomic E-state index is 8.81. The molecule has 0 rings (SSSR count). The highest BCUT2D eigenvalue weighted by atomic mass is 35.5. The SMILES string of the molecule is O[C@H](CCl)C[C@@H](O)CCl. The van der Waals surface area contributed by atoms with E-state index in [2.05, 4.69) is 0 Å². The third-order valence-electron chi connectivity index (χ3n) is 0.900. The third-order valence-corrected chi connectivity index (χ3v) is 1.61. The molecule has 0 radical (unpaired) electrons. The molecule has 0 bridgehead atoms. The zero-order valence-electron chi connectivity index (χ0n) is 4.93. The topological polar surface area (TPSA) is 40.5 Å². The molecular formula is C5H10Cl2O2. The fraction of sp³-hybridized carbons (Fsp3) is 1.00. The van der Waals surface area contributed by atoms with Crippen molar-refractivity contribution >= 4 is 23.2 Å². The van der Waals surface area contributed by atoms with Crippen molar-refractivity contribution in [1.82, 2.24) is 0 Å². The van der Waals surface area contributed by atoms with Gasteiger partial charge >= 0.3 is 0 Å². The number of aliphatic hydroxyl groups is 2. The van der Waals surface area contributed by atoms with E-state index in [0.717, 1.165) is 0 Å². The lowest BCUT2D eigenvalue weighted by Crippen LogP contribution is -2.19. The Labute approximate surface area is 64.4 Å². The summed E-state index contributed by atoms with van der Waals surface area (Å²) in [6.45, 7) is 0.